The lowest BCUT2D eigenvalue weighted by atomic mass is 9.71. The Bertz CT molecular complexity index is 1400. The van der Waals surface area contributed by atoms with Crippen LogP contribution in [0, 0.1) is 16.0 Å². The number of hydrogen-bond donors (Lipinski definition) is 1. The van der Waals surface area contributed by atoms with Gasteiger partial charge in [-0.15, -0.1) is 0 Å². The van der Waals surface area contributed by atoms with E-state index in [9.17, 15) is 19.7 Å². The number of esters is 1. The Hall–Kier alpha value is -3.85. The van der Waals surface area contributed by atoms with Crippen molar-refractivity contribution in [2.75, 3.05) is 20.8 Å². The molecule has 206 valence electrons. The molecule has 1 heterocycles. The van der Waals surface area contributed by atoms with Crippen molar-refractivity contribution in [2.24, 2.45) is 5.92 Å². The van der Waals surface area contributed by atoms with E-state index >= 15 is 0 Å². The summed E-state index contributed by atoms with van der Waals surface area (Å²) in [6.45, 7) is 5.79. The molecule has 0 aromatic heterocycles. The highest BCUT2D eigenvalue weighted by atomic mass is 35.5. The molecule has 0 amide bonds. The normalized spacial score (nSPS) is 19.0. The maximum absolute atomic E-state index is 13.8. The van der Waals surface area contributed by atoms with Crippen molar-refractivity contribution in [1.29, 1.82) is 0 Å². The number of carbonyl (C=O) groups is 2. The molecule has 10 heteroatoms. The molecule has 0 saturated heterocycles. The van der Waals surface area contributed by atoms with Gasteiger partial charge in [-0.05, 0) is 54.5 Å². The number of nitrogens with one attached hydrogen (secondary N) is 1. The zero-order chi connectivity index (χ0) is 28.4. The van der Waals surface area contributed by atoms with Gasteiger partial charge in [-0.1, -0.05) is 37.6 Å². The monoisotopic (exact) mass is 554 g/mol. The summed E-state index contributed by atoms with van der Waals surface area (Å²) in [6, 6.07) is 9.95. The van der Waals surface area contributed by atoms with E-state index in [0.717, 1.165) is 5.56 Å². The zero-order valence-electron chi connectivity index (χ0n) is 22.5. The molecule has 0 fully saturated rings. The molecule has 1 aliphatic heterocycles. The van der Waals surface area contributed by atoms with Crippen LogP contribution in [0.2, 0.25) is 5.02 Å². The van der Waals surface area contributed by atoms with Gasteiger partial charge in [0.2, 0.25) is 0 Å². The third-order valence-electron chi connectivity index (χ3n) is 6.97. The molecule has 1 aliphatic carbocycles. The summed E-state index contributed by atoms with van der Waals surface area (Å²) in [4.78, 5) is 38.2. The van der Waals surface area contributed by atoms with Gasteiger partial charge in [-0.3, -0.25) is 14.9 Å². The second kappa shape index (κ2) is 11.5. The van der Waals surface area contributed by atoms with Gasteiger partial charge in [-0.2, -0.15) is 0 Å². The molecular formula is C29H31ClN2O7. The number of Topliss-reactive ketones (excluding diaryl/α,β-unsaturated/α-hetero) is 1. The van der Waals surface area contributed by atoms with Crippen LogP contribution in [0.25, 0.3) is 0 Å². The molecule has 0 saturated carbocycles. The van der Waals surface area contributed by atoms with Crippen LogP contribution in [-0.4, -0.2) is 37.5 Å². The first-order valence-electron chi connectivity index (χ1n) is 12.6. The first-order valence-corrected chi connectivity index (χ1v) is 13.0. The summed E-state index contributed by atoms with van der Waals surface area (Å²) >= 11 is 6.09. The Morgan fingerprint density at radius 3 is 2.44 bits per heavy atom. The van der Waals surface area contributed by atoms with Crippen LogP contribution in [0.15, 0.2) is 58.9 Å². The van der Waals surface area contributed by atoms with Crippen molar-refractivity contribution < 1.29 is 28.7 Å². The van der Waals surface area contributed by atoms with Crippen LogP contribution in [0.3, 0.4) is 0 Å². The predicted octanol–water partition coefficient (Wildman–Crippen LogP) is 5.83. The van der Waals surface area contributed by atoms with E-state index in [0.29, 0.717) is 40.5 Å². The van der Waals surface area contributed by atoms with Crippen molar-refractivity contribution in [3.63, 3.8) is 0 Å². The van der Waals surface area contributed by atoms with E-state index in [4.69, 9.17) is 25.8 Å². The number of dihydropyridines is 1. The van der Waals surface area contributed by atoms with Gasteiger partial charge in [-0.25, -0.2) is 4.79 Å². The number of methoxy groups -OCH3 is 2. The molecule has 1 N–H and O–H groups in total. The van der Waals surface area contributed by atoms with Crippen molar-refractivity contribution in [2.45, 2.75) is 45.4 Å². The van der Waals surface area contributed by atoms with Crippen LogP contribution in [0.1, 0.15) is 56.6 Å². The van der Waals surface area contributed by atoms with Crippen LogP contribution in [0.5, 0.6) is 11.5 Å². The second-order valence-corrected chi connectivity index (χ2v) is 10.5. The van der Waals surface area contributed by atoms with Crippen LogP contribution >= 0.6 is 11.6 Å². The quantitative estimate of drug-likeness (QED) is 0.246. The molecule has 2 atom stereocenters. The summed E-state index contributed by atoms with van der Waals surface area (Å²) in [5.41, 5.74) is 2.91. The molecule has 2 aromatic carbocycles. The standard InChI is InChI=1S/C29H31ClN2O7/c1-15(2)14-39-29(34)26-16(3)31-21-10-19(17-7-9-24(37-4)25(13-17)38-5)12-23(33)28(21)27(26)18-6-8-20(30)22(11-18)32(35)36/h6-9,11,13,15,19,27,31H,10,12,14H2,1-5H3/t19-,27+/m0/s1. The number of rotatable bonds is 8. The topological polar surface area (TPSA) is 117 Å². The van der Waals surface area contributed by atoms with Gasteiger partial charge < -0.3 is 19.5 Å². The highest BCUT2D eigenvalue weighted by Crippen LogP contribution is 2.47. The van der Waals surface area contributed by atoms with Crippen molar-refractivity contribution >= 4 is 29.0 Å². The summed E-state index contributed by atoms with van der Waals surface area (Å²) in [5, 5.41) is 14.9. The minimum Gasteiger partial charge on any atom is -0.493 e. The fraction of sp³-hybridized carbons (Fsp3) is 0.379. The summed E-state index contributed by atoms with van der Waals surface area (Å²) < 4.78 is 16.4. The number of hydrogen-bond acceptors (Lipinski definition) is 8. The lowest BCUT2D eigenvalue weighted by Crippen LogP contribution is -2.36. The van der Waals surface area contributed by atoms with Crippen molar-refractivity contribution in [3.05, 3.63) is 85.2 Å². The number of ether oxygens (including phenoxy) is 3. The summed E-state index contributed by atoms with van der Waals surface area (Å²) in [5.74, 6) is -0.453. The van der Waals surface area contributed by atoms with Gasteiger partial charge in [0.05, 0.1) is 31.3 Å². The Balaban J connectivity index is 1.80. The van der Waals surface area contributed by atoms with E-state index in [-0.39, 0.29) is 46.9 Å². The third-order valence-corrected chi connectivity index (χ3v) is 7.29. The minimum atomic E-state index is -0.837. The van der Waals surface area contributed by atoms with Crippen LogP contribution in [-0.2, 0) is 14.3 Å². The number of halogens is 1. The van der Waals surface area contributed by atoms with Gasteiger partial charge in [0.15, 0.2) is 17.3 Å². The Morgan fingerprint density at radius 2 is 1.79 bits per heavy atom. The van der Waals surface area contributed by atoms with Crippen molar-refractivity contribution in [1.82, 2.24) is 5.32 Å². The summed E-state index contributed by atoms with van der Waals surface area (Å²) in [6.07, 6.45) is 0.684. The number of benzene rings is 2. The van der Waals surface area contributed by atoms with E-state index < -0.39 is 16.8 Å². The highest BCUT2D eigenvalue weighted by Gasteiger charge is 2.42. The molecule has 2 aliphatic rings. The molecule has 0 bridgehead atoms. The molecule has 0 unspecified atom stereocenters. The number of nitrogens with zero attached hydrogens (tertiary/aromatic N) is 1. The Morgan fingerprint density at radius 1 is 1.10 bits per heavy atom. The fourth-order valence-electron chi connectivity index (χ4n) is 5.15. The van der Waals surface area contributed by atoms with E-state index in [1.165, 1.54) is 12.1 Å². The van der Waals surface area contributed by atoms with Crippen LogP contribution < -0.4 is 14.8 Å². The molecule has 0 spiro atoms. The molecule has 9 nitrogen and oxygen atoms in total. The lowest BCUT2D eigenvalue weighted by molar-refractivity contribution is -0.384. The Labute approximate surface area is 231 Å². The average Bonchev–Trinajstić information content (AvgIpc) is 2.90. The first kappa shape index (κ1) is 28.2. The maximum atomic E-state index is 13.8. The van der Waals surface area contributed by atoms with Crippen LogP contribution in [0.4, 0.5) is 5.69 Å². The maximum Gasteiger partial charge on any atom is 0.336 e. The largest absolute Gasteiger partial charge is 0.493 e. The minimum absolute atomic E-state index is 0.0278. The average molecular weight is 555 g/mol. The SMILES string of the molecule is COc1ccc([C@@H]2CC(=O)C3=C(C2)NC(C)=C(C(=O)OCC(C)C)[C@H]3c2ccc(Cl)c([N+](=O)[O-])c2)cc1OC. The van der Waals surface area contributed by atoms with Gasteiger partial charge in [0.25, 0.3) is 5.69 Å². The molecule has 0 radical (unpaired) electrons. The van der Waals surface area contributed by atoms with E-state index in [1.54, 1.807) is 33.3 Å². The number of allylic oxidation sites excluding steroid dienone is 3. The smallest absolute Gasteiger partial charge is 0.336 e. The first-order chi connectivity index (χ1) is 18.5. The van der Waals surface area contributed by atoms with Crippen molar-refractivity contribution in [3.8, 4) is 11.5 Å². The predicted molar refractivity (Wildman–Crippen MR) is 146 cm³/mol. The van der Waals surface area contributed by atoms with Gasteiger partial charge in [0.1, 0.15) is 5.02 Å². The Kier molecular flexibility index (Phi) is 8.30. The van der Waals surface area contributed by atoms with Gasteiger partial charge in [0, 0.05) is 35.4 Å². The number of nitro benzene ring substituents is 1. The van der Waals surface area contributed by atoms with Gasteiger partial charge >= 0.3 is 5.97 Å². The molecule has 4 rings (SSSR count). The van der Waals surface area contributed by atoms with E-state index in [2.05, 4.69) is 5.32 Å². The zero-order valence-corrected chi connectivity index (χ0v) is 23.3. The fourth-order valence-corrected chi connectivity index (χ4v) is 5.34. The summed E-state index contributed by atoms with van der Waals surface area (Å²) in [7, 11) is 3.12. The lowest BCUT2D eigenvalue weighted by Gasteiger charge is -2.36. The molecular weight excluding hydrogens is 524 g/mol. The van der Waals surface area contributed by atoms with E-state index in [1.807, 2.05) is 26.0 Å². The molecule has 39 heavy (non-hydrogen) atoms. The molecule has 2 aromatic rings. The number of carbonyl (C=O) groups excluding carboxylic acids is 2. The third kappa shape index (κ3) is 5.63. The highest BCUT2D eigenvalue weighted by molar-refractivity contribution is 6.32. The second-order valence-electron chi connectivity index (χ2n) is 10.1. The number of ketones is 1. The number of nitro groups is 1.